The Labute approximate surface area is 120 Å². The van der Waals surface area contributed by atoms with E-state index >= 15 is 0 Å². The molecule has 0 radical (unpaired) electrons. The van der Waals surface area contributed by atoms with Crippen molar-refractivity contribution in [2.24, 2.45) is 0 Å². The molecule has 0 unspecified atom stereocenters. The highest BCUT2D eigenvalue weighted by molar-refractivity contribution is 7.09. The van der Waals surface area contributed by atoms with Gasteiger partial charge in [0.1, 0.15) is 0 Å². The lowest BCUT2D eigenvalue weighted by molar-refractivity contribution is 1.06. The lowest BCUT2D eigenvalue weighted by atomic mass is 10.2. The van der Waals surface area contributed by atoms with Crippen LogP contribution in [0.3, 0.4) is 0 Å². The number of anilines is 1. The molecule has 0 aliphatic heterocycles. The first-order valence-corrected chi connectivity index (χ1v) is 7.18. The van der Waals surface area contributed by atoms with Gasteiger partial charge in [-0.2, -0.15) is 0 Å². The summed E-state index contributed by atoms with van der Waals surface area (Å²) in [4.78, 5) is 8.83. The van der Waals surface area contributed by atoms with Crippen molar-refractivity contribution in [1.29, 1.82) is 0 Å². The van der Waals surface area contributed by atoms with Gasteiger partial charge in [0.2, 0.25) is 0 Å². The Morgan fingerprint density at radius 1 is 1.32 bits per heavy atom. The molecule has 1 aromatic carbocycles. The zero-order valence-electron chi connectivity index (χ0n) is 10.4. The molecule has 0 aliphatic rings. The van der Waals surface area contributed by atoms with Crippen molar-refractivity contribution in [3.05, 3.63) is 51.6 Å². The maximum atomic E-state index is 6.17. The molecule has 3 aromatic rings. The first-order valence-electron chi connectivity index (χ1n) is 5.92. The molecule has 3 rings (SSSR count). The maximum absolute atomic E-state index is 6.17. The van der Waals surface area contributed by atoms with Crippen molar-refractivity contribution in [2.45, 2.75) is 13.5 Å². The molecule has 96 valence electrons. The SMILES string of the molecule is Cc1nc(CNc2ccc(Cl)c3cccnc23)cs1. The molecule has 0 bridgehead atoms. The fraction of sp³-hybridized carbons (Fsp3) is 0.143. The van der Waals surface area contributed by atoms with Gasteiger partial charge in [0.15, 0.2) is 0 Å². The summed E-state index contributed by atoms with van der Waals surface area (Å²) >= 11 is 7.83. The van der Waals surface area contributed by atoms with Crippen molar-refractivity contribution in [1.82, 2.24) is 9.97 Å². The summed E-state index contributed by atoms with van der Waals surface area (Å²) in [7, 11) is 0. The highest BCUT2D eigenvalue weighted by Gasteiger charge is 2.06. The van der Waals surface area contributed by atoms with E-state index in [4.69, 9.17) is 11.6 Å². The summed E-state index contributed by atoms with van der Waals surface area (Å²) in [6, 6.07) is 7.71. The van der Waals surface area contributed by atoms with Gasteiger partial charge in [-0.05, 0) is 31.2 Å². The van der Waals surface area contributed by atoms with Crippen molar-refractivity contribution < 1.29 is 0 Å². The first-order chi connectivity index (χ1) is 9.24. The number of fused-ring (bicyclic) bond motifs is 1. The number of nitrogens with one attached hydrogen (secondary N) is 1. The number of rotatable bonds is 3. The van der Waals surface area contributed by atoms with Crippen LogP contribution in [0, 0.1) is 6.92 Å². The minimum absolute atomic E-state index is 0.692. The Hall–Kier alpha value is -1.65. The molecule has 2 heterocycles. The second kappa shape index (κ2) is 5.15. The number of nitrogens with zero attached hydrogens (tertiary/aromatic N) is 2. The fourth-order valence-corrected chi connectivity index (χ4v) is 2.78. The van der Waals surface area contributed by atoms with Crippen LogP contribution in [-0.4, -0.2) is 9.97 Å². The standard InChI is InChI=1S/C14H12ClN3S/c1-9-18-10(8-19-9)7-17-13-5-4-12(15)11-3-2-6-16-14(11)13/h2-6,8,17H,7H2,1H3. The number of benzene rings is 1. The van der Waals surface area contributed by atoms with Crippen molar-refractivity contribution in [3.63, 3.8) is 0 Å². The number of aryl methyl sites for hydroxylation is 1. The quantitative estimate of drug-likeness (QED) is 0.782. The van der Waals surface area contributed by atoms with Gasteiger partial charge in [0, 0.05) is 17.0 Å². The third-order valence-electron chi connectivity index (χ3n) is 2.84. The number of thiazole rings is 1. The zero-order chi connectivity index (χ0) is 13.2. The average molecular weight is 290 g/mol. The number of hydrogen-bond acceptors (Lipinski definition) is 4. The second-order valence-corrected chi connectivity index (χ2v) is 5.68. The molecule has 0 saturated heterocycles. The second-order valence-electron chi connectivity index (χ2n) is 4.21. The van der Waals surface area contributed by atoms with Crippen LogP contribution in [0.1, 0.15) is 10.7 Å². The lowest BCUT2D eigenvalue weighted by Gasteiger charge is -2.08. The number of halogens is 1. The predicted molar refractivity (Wildman–Crippen MR) is 80.9 cm³/mol. The van der Waals surface area contributed by atoms with E-state index in [2.05, 4.69) is 20.7 Å². The third-order valence-corrected chi connectivity index (χ3v) is 3.99. The van der Waals surface area contributed by atoms with Crippen LogP contribution in [0.15, 0.2) is 35.8 Å². The highest BCUT2D eigenvalue weighted by atomic mass is 35.5. The van der Waals surface area contributed by atoms with Gasteiger partial charge in [-0.3, -0.25) is 4.98 Å². The molecule has 0 atom stereocenters. The molecule has 0 aliphatic carbocycles. The molecular weight excluding hydrogens is 278 g/mol. The Bertz CT molecular complexity index is 724. The van der Waals surface area contributed by atoms with Crippen LogP contribution in [0.5, 0.6) is 0 Å². The van der Waals surface area contributed by atoms with E-state index in [1.807, 2.05) is 31.2 Å². The van der Waals surface area contributed by atoms with E-state index in [0.29, 0.717) is 6.54 Å². The lowest BCUT2D eigenvalue weighted by Crippen LogP contribution is -2.01. The third kappa shape index (κ3) is 2.55. The van der Waals surface area contributed by atoms with Crippen molar-refractivity contribution in [2.75, 3.05) is 5.32 Å². The van der Waals surface area contributed by atoms with Crippen LogP contribution >= 0.6 is 22.9 Å². The van der Waals surface area contributed by atoms with Gasteiger partial charge in [0.05, 0.1) is 33.5 Å². The van der Waals surface area contributed by atoms with Crippen molar-refractivity contribution in [3.8, 4) is 0 Å². The summed E-state index contributed by atoms with van der Waals surface area (Å²) < 4.78 is 0. The number of pyridine rings is 1. The minimum atomic E-state index is 0.692. The molecule has 0 spiro atoms. The van der Waals surface area contributed by atoms with E-state index in [-0.39, 0.29) is 0 Å². The van der Waals surface area contributed by atoms with Gasteiger partial charge < -0.3 is 5.32 Å². The summed E-state index contributed by atoms with van der Waals surface area (Å²) in [5, 5.41) is 8.19. The Morgan fingerprint density at radius 2 is 2.21 bits per heavy atom. The molecule has 1 N–H and O–H groups in total. The van der Waals surface area contributed by atoms with E-state index < -0.39 is 0 Å². The minimum Gasteiger partial charge on any atom is -0.378 e. The molecule has 0 amide bonds. The van der Waals surface area contributed by atoms with Crippen LogP contribution < -0.4 is 5.32 Å². The highest BCUT2D eigenvalue weighted by Crippen LogP contribution is 2.28. The van der Waals surface area contributed by atoms with Crippen LogP contribution in [-0.2, 0) is 6.54 Å². The summed E-state index contributed by atoms with van der Waals surface area (Å²) in [6.07, 6.45) is 1.77. The summed E-state index contributed by atoms with van der Waals surface area (Å²) in [6.45, 7) is 2.70. The summed E-state index contributed by atoms with van der Waals surface area (Å²) in [5.41, 5.74) is 2.91. The molecule has 3 nitrogen and oxygen atoms in total. The maximum Gasteiger partial charge on any atom is 0.0948 e. The molecule has 19 heavy (non-hydrogen) atoms. The largest absolute Gasteiger partial charge is 0.378 e. The average Bonchev–Trinajstić information content (AvgIpc) is 2.84. The van der Waals surface area contributed by atoms with E-state index in [0.717, 1.165) is 32.3 Å². The van der Waals surface area contributed by atoms with Crippen LogP contribution in [0.2, 0.25) is 5.02 Å². The van der Waals surface area contributed by atoms with Crippen LogP contribution in [0.4, 0.5) is 5.69 Å². The van der Waals surface area contributed by atoms with Gasteiger partial charge in [-0.1, -0.05) is 11.6 Å². The number of hydrogen-bond donors (Lipinski definition) is 1. The topological polar surface area (TPSA) is 37.8 Å². The number of aromatic nitrogens is 2. The zero-order valence-corrected chi connectivity index (χ0v) is 11.9. The molecular formula is C14H12ClN3S. The Morgan fingerprint density at radius 3 is 3.00 bits per heavy atom. The molecule has 0 saturated carbocycles. The normalized spacial score (nSPS) is 10.8. The monoisotopic (exact) mass is 289 g/mol. The van der Waals surface area contributed by atoms with Gasteiger partial charge in [0.25, 0.3) is 0 Å². The van der Waals surface area contributed by atoms with Crippen LogP contribution in [0.25, 0.3) is 10.9 Å². The Balaban J connectivity index is 1.91. The molecule has 0 fully saturated rings. The van der Waals surface area contributed by atoms with E-state index in [1.54, 1.807) is 17.5 Å². The molecule has 5 heteroatoms. The Kier molecular flexibility index (Phi) is 3.36. The van der Waals surface area contributed by atoms with E-state index in [1.165, 1.54) is 0 Å². The smallest absolute Gasteiger partial charge is 0.0948 e. The fourth-order valence-electron chi connectivity index (χ4n) is 1.96. The molecule has 2 aromatic heterocycles. The van der Waals surface area contributed by atoms with Gasteiger partial charge in [-0.15, -0.1) is 11.3 Å². The summed E-state index contributed by atoms with van der Waals surface area (Å²) in [5.74, 6) is 0. The first kappa shape index (κ1) is 12.4. The van der Waals surface area contributed by atoms with Gasteiger partial charge >= 0.3 is 0 Å². The van der Waals surface area contributed by atoms with Gasteiger partial charge in [-0.25, -0.2) is 4.98 Å². The van der Waals surface area contributed by atoms with Crippen molar-refractivity contribution >= 4 is 39.5 Å². The van der Waals surface area contributed by atoms with E-state index in [9.17, 15) is 0 Å². The predicted octanol–water partition coefficient (Wildman–Crippen LogP) is 4.27.